The SMILES string of the molecule is C=CC(=O)N1CCN(c2nc(OCC3(N4CCN(C)CC4)CC3)nc3c2CCN(c2cc(C(=O)OC)cc4ccccc24)C3)C[C@@H]1CC#N. The number of piperazine rings is 2. The molecule has 3 aromatic rings. The maximum atomic E-state index is 12.7. The highest BCUT2D eigenvalue weighted by atomic mass is 16.5. The number of carbonyl (C=O) groups is 2. The van der Waals surface area contributed by atoms with E-state index in [-0.39, 0.29) is 29.9 Å². The highest BCUT2D eigenvalue weighted by Crippen LogP contribution is 2.43. The van der Waals surface area contributed by atoms with E-state index in [0.717, 1.165) is 72.6 Å². The molecule has 2 saturated heterocycles. The summed E-state index contributed by atoms with van der Waals surface area (Å²) in [7, 11) is 3.57. The second-order valence-corrected chi connectivity index (χ2v) is 13.6. The molecule has 1 amide bonds. The number of amides is 1. The quantitative estimate of drug-likeness (QED) is 0.248. The summed E-state index contributed by atoms with van der Waals surface area (Å²) in [5.41, 5.74) is 3.41. The largest absolute Gasteiger partial charge is 0.465 e. The number of fused-ring (bicyclic) bond motifs is 2. The summed E-state index contributed by atoms with van der Waals surface area (Å²) < 4.78 is 11.6. The maximum absolute atomic E-state index is 12.7. The molecule has 3 aliphatic heterocycles. The first-order chi connectivity index (χ1) is 23.8. The lowest BCUT2D eigenvalue weighted by atomic mass is 9.99. The fourth-order valence-corrected chi connectivity index (χ4v) is 7.62. The van der Waals surface area contributed by atoms with E-state index in [1.54, 1.807) is 4.90 Å². The Hall–Kier alpha value is -4.73. The number of benzene rings is 2. The van der Waals surface area contributed by atoms with Gasteiger partial charge in [0.05, 0.1) is 49.0 Å². The third-order valence-electron chi connectivity index (χ3n) is 10.7. The fourth-order valence-electron chi connectivity index (χ4n) is 7.62. The average Bonchev–Trinajstić information content (AvgIpc) is 3.93. The molecule has 4 aliphatic rings. The zero-order chi connectivity index (χ0) is 34.1. The van der Waals surface area contributed by atoms with Crippen LogP contribution in [0.2, 0.25) is 0 Å². The molecule has 1 aromatic heterocycles. The lowest BCUT2D eigenvalue weighted by Crippen LogP contribution is -2.55. The van der Waals surface area contributed by atoms with Crippen molar-refractivity contribution in [1.82, 2.24) is 24.7 Å². The number of carbonyl (C=O) groups excluding carboxylic acids is 2. The lowest BCUT2D eigenvalue weighted by molar-refractivity contribution is -0.128. The van der Waals surface area contributed by atoms with Crippen LogP contribution in [0.25, 0.3) is 10.8 Å². The summed E-state index contributed by atoms with van der Waals surface area (Å²) >= 11 is 0. The minimum absolute atomic E-state index is 0.0224. The van der Waals surface area contributed by atoms with Gasteiger partial charge < -0.3 is 29.1 Å². The van der Waals surface area contributed by atoms with Crippen LogP contribution in [0.4, 0.5) is 11.5 Å². The summed E-state index contributed by atoms with van der Waals surface area (Å²) in [5, 5.41) is 11.6. The van der Waals surface area contributed by atoms with Crippen LogP contribution >= 0.6 is 0 Å². The molecule has 49 heavy (non-hydrogen) atoms. The van der Waals surface area contributed by atoms with Crippen molar-refractivity contribution >= 4 is 34.2 Å². The number of likely N-dealkylation sites (N-methyl/N-ethyl adjacent to an activating group) is 1. The molecule has 3 fully saturated rings. The van der Waals surface area contributed by atoms with Gasteiger partial charge in [0.1, 0.15) is 12.4 Å². The first kappa shape index (κ1) is 32.8. The molecule has 0 unspecified atom stereocenters. The summed E-state index contributed by atoms with van der Waals surface area (Å²) in [6.07, 6.45) is 4.42. The van der Waals surface area contributed by atoms with Gasteiger partial charge in [-0.25, -0.2) is 4.79 Å². The van der Waals surface area contributed by atoms with Crippen LogP contribution in [0.1, 0.15) is 40.9 Å². The predicted octanol–water partition coefficient (Wildman–Crippen LogP) is 3.25. The summed E-state index contributed by atoms with van der Waals surface area (Å²) in [6, 6.07) is 14.2. The van der Waals surface area contributed by atoms with Crippen molar-refractivity contribution in [2.75, 3.05) is 82.9 Å². The number of nitrogens with zero attached hydrogens (tertiary/aromatic N) is 8. The lowest BCUT2D eigenvalue weighted by Gasteiger charge is -2.42. The Labute approximate surface area is 287 Å². The molecule has 12 heteroatoms. The minimum atomic E-state index is -0.375. The molecule has 12 nitrogen and oxygen atoms in total. The van der Waals surface area contributed by atoms with Gasteiger partial charge in [0.25, 0.3) is 0 Å². The van der Waals surface area contributed by atoms with E-state index in [1.807, 2.05) is 30.3 Å². The molecular formula is C37H44N8O4. The number of methoxy groups -OCH3 is 1. The van der Waals surface area contributed by atoms with Gasteiger partial charge in [-0.1, -0.05) is 30.8 Å². The van der Waals surface area contributed by atoms with Crippen LogP contribution in [0.15, 0.2) is 49.1 Å². The van der Waals surface area contributed by atoms with Crippen molar-refractivity contribution in [3.8, 4) is 12.1 Å². The Bertz CT molecular complexity index is 1790. The van der Waals surface area contributed by atoms with Crippen molar-refractivity contribution in [2.45, 2.75) is 43.8 Å². The van der Waals surface area contributed by atoms with Crippen LogP contribution in [0.5, 0.6) is 6.01 Å². The molecule has 1 aliphatic carbocycles. The summed E-state index contributed by atoms with van der Waals surface area (Å²) in [6.45, 7) is 11.1. The fraction of sp³-hybridized carbons (Fsp3) is 0.486. The van der Waals surface area contributed by atoms with Crippen molar-refractivity contribution in [2.24, 2.45) is 0 Å². The Morgan fingerprint density at radius 3 is 2.59 bits per heavy atom. The Morgan fingerprint density at radius 2 is 1.86 bits per heavy atom. The molecule has 0 spiro atoms. The van der Waals surface area contributed by atoms with E-state index in [2.05, 4.69) is 45.4 Å². The third kappa shape index (κ3) is 6.53. The van der Waals surface area contributed by atoms with Crippen LogP contribution in [0, 0.1) is 11.3 Å². The number of anilines is 2. The monoisotopic (exact) mass is 664 g/mol. The molecular weight excluding hydrogens is 620 g/mol. The number of hydrogen-bond acceptors (Lipinski definition) is 11. The van der Waals surface area contributed by atoms with Gasteiger partial charge in [-0.15, -0.1) is 0 Å². The highest BCUT2D eigenvalue weighted by molar-refractivity contribution is 6.02. The number of ether oxygens (including phenoxy) is 2. The molecule has 1 atom stereocenters. The first-order valence-corrected chi connectivity index (χ1v) is 17.2. The van der Waals surface area contributed by atoms with Gasteiger partial charge in [0.2, 0.25) is 5.91 Å². The zero-order valence-corrected chi connectivity index (χ0v) is 28.4. The number of aromatic nitrogens is 2. The van der Waals surface area contributed by atoms with Crippen molar-refractivity contribution < 1.29 is 19.1 Å². The second kappa shape index (κ2) is 13.6. The molecule has 0 bridgehead atoms. The Balaban J connectivity index is 1.22. The van der Waals surface area contributed by atoms with Gasteiger partial charge in [0.15, 0.2) is 0 Å². The zero-order valence-electron chi connectivity index (χ0n) is 28.4. The third-order valence-corrected chi connectivity index (χ3v) is 10.7. The number of hydrogen-bond donors (Lipinski definition) is 0. The Kier molecular flexibility index (Phi) is 9.13. The van der Waals surface area contributed by atoms with E-state index in [9.17, 15) is 14.9 Å². The molecule has 1 saturated carbocycles. The van der Waals surface area contributed by atoms with Crippen molar-refractivity contribution in [1.29, 1.82) is 5.26 Å². The van der Waals surface area contributed by atoms with E-state index in [0.29, 0.717) is 57.3 Å². The van der Waals surface area contributed by atoms with Crippen LogP contribution < -0.4 is 14.5 Å². The van der Waals surface area contributed by atoms with Gasteiger partial charge in [-0.3, -0.25) is 9.69 Å². The normalized spacial score (nSPS) is 20.8. The summed E-state index contributed by atoms with van der Waals surface area (Å²) in [5.74, 6) is 0.273. The average molecular weight is 665 g/mol. The minimum Gasteiger partial charge on any atom is -0.465 e. The Morgan fingerprint density at radius 1 is 1.06 bits per heavy atom. The topological polar surface area (TPSA) is 118 Å². The molecule has 4 heterocycles. The molecule has 256 valence electrons. The number of rotatable bonds is 9. The van der Waals surface area contributed by atoms with E-state index in [4.69, 9.17) is 19.4 Å². The van der Waals surface area contributed by atoms with Crippen LogP contribution in [-0.2, 0) is 22.5 Å². The maximum Gasteiger partial charge on any atom is 0.337 e. The highest BCUT2D eigenvalue weighted by Gasteiger charge is 2.49. The van der Waals surface area contributed by atoms with E-state index in [1.165, 1.54) is 13.2 Å². The van der Waals surface area contributed by atoms with Crippen LogP contribution in [-0.4, -0.2) is 121 Å². The molecule has 0 N–H and O–H groups in total. The summed E-state index contributed by atoms with van der Waals surface area (Å²) in [4.78, 5) is 46.6. The first-order valence-electron chi connectivity index (χ1n) is 17.2. The molecule has 0 radical (unpaired) electrons. The van der Waals surface area contributed by atoms with E-state index < -0.39 is 0 Å². The standard InChI is InChI=1S/C37H44N8O4/c1-4-33(46)45-20-17-43(23-28(45)9-13-38)34-30-10-14-42(32-22-27(35(47)48-3)21-26-7-5-6-8-29(26)32)24-31(30)39-36(40-34)49-25-37(11-12-37)44-18-15-41(2)16-19-44/h4-8,21-22,28H,1,9-12,14-20,23-25H2,2-3H3/t28-/m0/s1. The van der Waals surface area contributed by atoms with Gasteiger partial charge >= 0.3 is 12.0 Å². The second-order valence-electron chi connectivity index (χ2n) is 13.6. The molecule has 7 rings (SSSR count). The van der Waals surface area contributed by atoms with E-state index >= 15 is 0 Å². The number of esters is 1. The number of nitriles is 1. The van der Waals surface area contributed by atoms with Gasteiger partial charge in [0, 0.05) is 69.0 Å². The van der Waals surface area contributed by atoms with Crippen LogP contribution in [0.3, 0.4) is 0 Å². The predicted molar refractivity (Wildman–Crippen MR) is 187 cm³/mol. The van der Waals surface area contributed by atoms with Crippen molar-refractivity contribution in [3.63, 3.8) is 0 Å². The van der Waals surface area contributed by atoms with Crippen molar-refractivity contribution in [3.05, 3.63) is 65.9 Å². The molecule has 2 aromatic carbocycles. The van der Waals surface area contributed by atoms with Gasteiger partial charge in [-0.05, 0) is 49.9 Å². The van der Waals surface area contributed by atoms with Gasteiger partial charge in [-0.2, -0.15) is 15.2 Å². The smallest absolute Gasteiger partial charge is 0.337 e.